The minimum absolute atomic E-state index is 0.212. The topological polar surface area (TPSA) is 65.6 Å². The van der Waals surface area contributed by atoms with Crippen LogP contribution in [0.4, 0.5) is 0 Å². The standard InChI is InChI=1S/C24H39BrN4O/c1-18(2)30-22-5-6-23(25)21(17-22)16-20-7-12-28(13-8-20)11-3-4-19-9-14-29(15-10-19)24(26)27/h5-6,17-20H,3-4,7-16H2,1-2H3,(H3,26,27). The molecule has 0 atom stereocenters. The van der Waals surface area contributed by atoms with E-state index in [1.54, 1.807) is 0 Å². The molecule has 0 unspecified atom stereocenters. The van der Waals surface area contributed by atoms with Crippen molar-refractivity contribution in [3.8, 4) is 5.75 Å². The smallest absolute Gasteiger partial charge is 0.188 e. The van der Waals surface area contributed by atoms with Crippen LogP contribution in [-0.4, -0.2) is 54.6 Å². The number of guanidine groups is 1. The lowest BCUT2D eigenvalue weighted by Gasteiger charge is -2.34. The largest absolute Gasteiger partial charge is 0.491 e. The Morgan fingerprint density at radius 2 is 1.80 bits per heavy atom. The third kappa shape index (κ3) is 7.16. The van der Waals surface area contributed by atoms with E-state index in [-0.39, 0.29) is 12.1 Å². The van der Waals surface area contributed by atoms with E-state index in [9.17, 15) is 0 Å². The quantitative estimate of drug-likeness (QED) is 0.412. The average Bonchev–Trinajstić information content (AvgIpc) is 2.72. The third-order valence-corrected chi connectivity index (χ3v) is 7.42. The maximum absolute atomic E-state index is 7.55. The normalized spacial score (nSPS) is 19.4. The first-order valence-electron chi connectivity index (χ1n) is 11.7. The molecule has 0 bridgehead atoms. The van der Waals surface area contributed by atoms with Crippen molar-refractivity contribution in [3.63, 3.8) is 0 Å². The van der Waals surface area contributed by atoms with Crippen molar-refractivity contribution < 1.29 is 4.74 Å². The van der Waals surface area contributed by atoms with Gasteiger partial charge in [-0.05, 0) is 114 Å². The fourth-order valence-electron chi connectivity index (χ4n) is 4.84. The van der Waals surface area contributed by atoms with Crippen molar-refractivity contribution >= 4 is 21.9 Å². The van der Waals surface area contributed by atoms with E-state index < -0.39 is 0 Å². The zero-order chi connectivity index (χ0) is 21.5. The van der Waals surface area contributed by atoms with Crippen LogP contribution in [0.15, 0.2) is 22.7 Å². The van der Waals surface area contributed by atoms with Crippen LogP contribution in [0, 0.1) is 17.2 Å². The number of hydrogen-bond acceptors (Lipinski definition) is 3. The maximum Gasteiger partial charge on any atom is 0.188 e. The van der Waals surface area contributed by atoms with E-state index in [4.69, 9.17) is 15.9 Å². The minimum atomic E-state index is 0.212. The molecule has 0 aromatic heterocycles. The van der Waals surface area contributed by atoms with E-state index in [1.807, 2.05) is 4.90 Å². The Labute approximate surface area is 191 Å². The Bertz CT molecular complexity index is 680. The van der Waals surface area contributed by atoms with E-state index >= 15 is 0 Å². The SMILES string of the molecule is CC(C)Oc1ccc(Br)c(CC2CCN(CCCC3CCN(C(=N)N)CC3)CC2)c1. The van der Waals surface area contributed by atoms with Crippen molar-refractivity contribution in [2.75, 3.05) is 32.7 Å². The molecule has 168 valence electrons. The molecule has 0 amide bonds. The fourth-order valence-corrected chi connectivity index (χ4v) is 5.25. The number of piperidine rings is 2. The molecule has 0 radical (unpaired) electrons. The number of hydrogen-bond donors (Lipinski definition) is 2. The molecule has 1 aromatic rings. The number of nitrogens with one attached hydrogen (secondary N) is 1. The molecular formula is C24H39BrN4O. The van der Waals surface area contributed by atoms with Gasteiger partial charge in [0.25, 0.3) is 0 Å². The minimum Gasteiger partial charge on any atom is -0.491 e. The summed E-state index contributed by atoms with van der Waals surface area (Å²) < 4.78 is 7.08. The summed E-state index contributed by atoms with van der Waals surface area (Å²) in [6, 6.07) is 6.40. The molecule has 2 aliphatic heterocycles. The van der Waals surface area contributed by atoms with Gasteiger partial charge in [-0.15, -0.1) is 0 Å². The number of likely N-dealkylation sites (tertiary alicyclic amines) is 2. The van der Waals surface area contributed by atoms with E-state index in [0.29, 0.717) is 0 Å². The van der Waals surface area contributed by atoms with Gasteiger partial charge in [-0.3, -0.25) is 5.41 Å². The van der Waals surface area contributed by atoms with Crippen LogP contribution in [0.1, 0.15) is 57.9 Å². The molecule has 2 saturated heterocycles. The average molecular weight is 480 g/mol. The van der Waals surface area contributed by atoms with Crippen LogP contribution in [0.3, 0.4) is 0 Å². The number of halogens is 1. The molecule has 30 heavy (non-hydrogen) atoms. The Morgan fingerprint density at radius 1 is 1.13 bits per heavy atom. The summed E-state index contributed by atoms with van der Waals surface area (Å²) in [5, 5.41) is 7.55. The van der Waals surface area contributed by atoms with Gasteiger partial charge >= 0.3 is 0 Å². The van der Waals surface area contributed by atoms with E-state index in [0.717, 1.165) is 37.1 Å². The summed E-state index contributed by atoms with van der Waals surface area (Å²) in [6.45, 7) is 9.77. The van der Waals surface area contributed by atoms with Crippen LogP contribution in [0.25, 0.3) is 0 Å². The van der Waals surface area contributed by atoms with Gasteiger partial charge in [0.15, 0.2) is 5.96 Å². The predicted octanol–water partition coefficient (Wildman–Crippen LogP) is 4.88. The highest BCUT2D eigenvalue weighted by molar-refractivity contribution is 9.10. The molecule has 0 spiro atoms. The molecule has 0 saturated carbocycles. The molecule has 2 heterocycles. The van der Waals surface area contributed by atoms with Crippen molar-refractivity contribution in [3.05, 3.63) is 28.2 Å². The Hall–Kier alpha value is -1.27. The number of rotatable bonds is 8. The molecule has 5 nitrogen and oxygen atoms in total. The van der Waals surface area contributed by atoms with Gasteiger partial charge in [0, 0.05) is 17.6 Å². The maximum atomic E-state index is 7.55. The lowest BCUT2D eigenvalue weighted by atomic mass is 9.89. The van der Waals surface area contributed by atoms with E-state index in [2.05, 4.69) is 52.9 Å². The van der Waals surface area contributed by atoms with Gasteiger partial charge in [-0.1, -0.05) is 15.9 Å². The molecule has 0 aliphatic carbocycles. The Morgan fingerprint density at radius 3 is 2.43 bits per heavy atom. The number of ether oxygens (including phenoxy) is 1. The van der Waals surface area contributed by atoms with Gasteiger partial charge in [-0.25, -0.2) is 0 Å². The Balaban J connectivity index is 1.35. The molecule has 2 fully saturated rings. The zero-order valence-corrected chi connectivity index (χ0v) is 20.3. The first-order valence-corrected chi connectivity index (χ1v) is 12.5. The van der Waals surface area contributed by atoms with E-state index in [1.165, 1.54) is 68.2 Å². The number of nitrogens with two attached hydrogens (primary N) is 1. The second-order valence-electron chi connectivity index (χ2n) is 9.37. The summed E-state index contributed by atoms with van der Waals surface area (Å²) >= 11 is 3.73. The summed E-state index contributed by atoms with van der Waals surface area (Å²) in [4.78, 5) is 4.67. The van der Waals surface area contributed by atoms with Crippen molar-refractivity contribution in [1.29, 1.82) is 5.41 Å². The van der Waals surface area contributed by atoms with Gasteiger partial charge in [0.05, 0.1) is 6.10 Å². The van der Waals surface area contributed by atoms with Crippen molar-refractivity contribution in [2.24, 2.45) is 17.6 Å². The van der Waals surface area contributed by atoms with Gasteiger partial charge in [-0.2, -0.15) is 0 Å². The lowest BCUT2D eigenvalue weighted by Crippen LogP contribution is -2.42. The Kier molecular flexibility index (Phi) is 8.87. The summed E-state index contributed by atoms with van der Waals surface area (Å²) in [5.74, 6) is 2.80. The molecule has 3 rings (SSSR count). The molecule has 2 aliphatic rings. The van der Waals surface area contributed by atoms with Crippen molar-refractivity contribution in [2.45, 2.75) is 64.9 Å². The first kappa shape index (κ1) is 23.4. The second kappa shape index (κ2) is 11.4. The molecule has 1 aromatic carbocycles. The molecule has 3 N–H and O–H groups in total. The summed E-state index contributed by atoms with van der Waals surface area (Å²) in [5.41, 5.74) is 6.98. The first-order chi connectivity index (χ1) is 14.4. The number of nitrogens with zero attached hydrogens (tertiary/aromatic N) is 2. The van der Waals surface area contributed by atoms with Crippen LogP contribution in [-0.2, 0) is 6.42 Å². The summed E-state index contributed by atoms with van der Waals surface area (Å²) in [6.07, 6.45) is 8.93. The van der Waals surface area contributed by atoms with Crippen LogP contribution in [0.5, 0.6) is 5.75 Å². The highest BCUT2D eigenvalue weighted by Gasteiger charge is 2.22. The van der Waals surface area contributed by atoms with Crippen LogP contribution >= 0.6 is 15.9 Å². The van der Waals surface area contributed by atoms with Gasteiger partial charge in [0.1, 0.15) is 5.75 Å². The van der Waals surface area contributed by atoms with Crippen LogP contribution < -0.4 is 10.5 Å². The number of benzene rings is 1. The summed E-state index contributed by atoms with van der Waals surface area (Å²) in [7, 11) is 0. The van der Waals surface area contributed by atoms with Crippen molar-refractivity contribution in [1.82, 2.24) is 9.80 Å². The molecule has 6 heteroatoms. The monoisotopic (exact) mass is 478 g/mol. The van der Waals surface area contributed by atoms with Gasteiger partial charge < -0.3 is 20.3 Å². The van der Waals surface area contributed by atoms with Crippen LogP contribution in [0.2, 0.25) is 0 Å². The molecular weight excluding hydrogens is 440 g/mol. The van der Waals surface area contributed by atoms with Gasteiger partial charge in [0.2, 0.25) is 0 Å². The fraction of sp³-hybridized carbons (Fsp3) is 0.708. The highest BCUT2D eigenvalue weighted by atomic mass is 79.9. The predicted molar refractivity (Wildman–Crippen MR) is 128 cm³/mol. The third-order valence-electron chi connectivity index (χ3n) is 6.65. The highest BCUT2D eigenvalue weighted by Crippen LogP contribution is 2.29. The lowest BCUT2D eigenvalue weighted by molar-refractivity contribution is 0.172. The second-order valence-corrected chi connectivity index (χ2v) is 10.2. The zero-order valence-electron chi connectivity index (χ0n) is 18.7.